The van der Waals surface area contributed by atoms with Gasteiger partial charge in [-0.25, -0.2) is 0 Å². The van der Waals surface area contributed by atoms with Crippen LogP contribution in [0, 0.1) is 0 Å². The zero-order chi connectivity index (χ0) is 17.2. The monoisotopic (exact) mass is 356 g/mol. The number of amides is 1. The number of carbonyl (C=O) groups excluding carboxylic acids is 1. The molecule has 4 rings (SSSR count). The fourth-order valence-electron chi connectivity index (χ4n) is 2.56. The maximum Gasteiger partial charge on any atom is 0.251 e. The summed E-state index contributed by atoms with van der Waals surface area (Å²) in [6.45, 7) is 0.546. The number of carbonyl (C=O) groups is 1. The fourth-order valence-corrected chi connectivity index (χ4v) is 3.61. The van der Waals surface area contributed by atoms with E-state index in [0.29, 0.717) is 11.4 Å². The molecule has 128 valence electrons. The van der Waals surface area contributed by atoms with Crippen molar-refractivity contribution in [2.45, 2.75) is 6.42 Å². The van der Waals surface area contributed by atoms with Crippen LogP contribution in [0.15, 0.2) is 47.5 Å². The third-order valence-electron chi connectivity index (χ3n) is 3.85. The number of hydrogen-bond acceptors (Lipinski definition) is 5. The highest BCUT2D eigenvalue weighted by atomic mass is 32.1. The average molecular weight is 356 g/mol. The fraction of sp³-hybridized carbons (Fsp3) is 0.222. The molecule has 0 unspecified atom stereocenters. The molecule has 2 heterocycles. The van der Waals surface area contributed by atoms with Crippen LogP contribution >= 0.6 is 11.3 Å². The topological polar surface area (TPSA) is 62.1 Å². The SMILES string of the molecule is Cn1c(=NC(=O)CCOc2ccccc2)sc2cc3c(cc21)OCO3. The Bertz CT molecular complexity index is 991. The van der Waals surface area contributed by atoms with Crippen molar-refractivity contribution in [3.05, 3.63) is 47.3 Å². The predicted molar refractivity (Wildman–Crippen MR) is 94.0 cm³/mol. The molecule has 0 N–H and O–H groups in total. The zero-order valence-electron chi connectivity index (χ0n) is 13.6. The molecule has 3 aromatic rings. The number of nitrogens with zero attached hydrogens (tertiary/aromatic N) is 2. The molecule has 0 spiro atoms. The van der Waals surface area contributed by atoms with Crippen LogP contribution in [0.5, 0.6) is 17.2 Å². The maximum absolute atomic E-state index is 12.1. The highest BCUT2D eigenvalue weighted by molar-refractivity contribution is 7.16. The van der Waals surface area contributed by atoms with Crippen LogP contribution in [0.25, 0.3) is 10.2 Å². The molecule has 1 aromatic heterocycles. The van der Waals surface area contributed by atoms with Gasteiger partial charge in [-0.15, -0.1) is 0 Å². The van der Waals surface area contributed by atoms with Gasteiger partial charge in [-0.05, 0) is 12.1 Å². The van der Waals surface area contributed by atoms with Crippen molar-refractivity contribution >= 4 is 27.5 Å². The summed E-state index contributed by atoms with van der Waals surface area (Å²) in [6.07, 6.45) is 0.228. The molecule has 6 nitrogen and oxygen atoms in total. The quantitative estimate of drug-likeness (QED) is 0.721. The molecule has 0 aliphatic carbocycles. The van der Waals surface area contributed by atoms with Gasteiger partial charge in [-0.1, -0.05) is 29.5 Å². The van der Waals surface area contributed by atoms with Crippen LogP contribution in [0.1, 0.15) is 6.42 Å². The highest BCUT2D eigenvalue weighted by Crippen LogP contribution is 2.36. The minimum absolute atomic E-state index is 0.210. The number of aromatic nitrogens is 1. The van der Waals surface area contributed by atoms with E-state index < -0.39 is 0 Å². The second-order valence-electron chi connectivity index (χ2n) is 5.53. The minimum atomic E-state index is -0.210. The Morgan fingerprint density at radius 3 is 2.80 bits per heavy atom. The van der Waals surface area contributed by atoms with Gasteiger partial charge >= 0.3 is 0 Å². The average Bonchev–Trinajstić information content (AvgIpc) is 3.19. The van der Waals surface area contributed by atoms with Crippen molar-refractivity contribution < 1.29 is 19.0 Å². The lowest BCUT2D eigenvalue weighted by Crippen LogP contribution is -2.14. The minimum Gasteiger partial charge on any atom is -0.493 e. The van der Waals surface area contributed by atoms with E-state index in [2.05, 4.69) is 4.99 Å². The summed E-state index contributed by atoms with van der Waals surface area (Å²) < 4.78 is 19.2. The van der Waals surface area contributed by atoms with Crippen molar-refractivity contribution in [1.82, 2.24) is 4.57 Å². The van der Waals surface area contributed by atoms with Crippen molar-refractivity contribution in [3.8, 4) is 17.2 Å². The van der Waals surface area contributed by atoms with Gasteiger partial charge in [0.05, 0.1) is 23.2 Å². The normalized spacial score (nSPS) is 13.4. The molecule has 0 bridgehead atoms. The number of para-hydroxylation sites is 1. The maximum atomic E-state index is 12.1. The number of thiazole rings is 1. The smallest absolute Gasteiger partial charge is 0.251 e. The number of aryl methyl sites for hydroxylation is 1. The Kier molecular flexibility index (Phi) is 4.15. The first-order valence-electron chi connectivity index (χ1n) is 7.85. The summed E-state index contributed by atoms with van der Waals surface area (Å²) >= 11 is 1.45. The van der Waals surface area contributed by atoms with Crippen molar-refractivity contribution in [3.63, 3.8) is 0 Å². The molecule has 1 aliphatic rings. The summed E-state index contributed by atoms with van der Waals surface area (Å²) in [5.41, 5.74) is 0.960. The van der Waals surface area contributed by atoms with E-state index in [1.165, 1.54) is 11.3 Å². The number of ether oxygens (including phenoxy) is 3. The lowest BCUT2D eigenvalue weighted by atomic mass is 10.3. The summed E-state index contributed by atoms with van der Waals surface area (Å²) in [5.74, 6) is 1.98. The molecule has 7 heteroatoms. The first-order valence-corrected chi connectivity index (χ1v) is 8.67. The highest BCUT2D eigenvalue weighted by Gasteiger charge is 2.16. The summed E-state index contributed by atoms with van der Waals surface area (Å²) in [4.78, 5) is 17.0. The van der Waals surface area contributed by atoms with Gasteiger partial charge in [-0.2, -0.15) is 4.99 Å². The molecule has 0 fully saturated rings. The predicted octanol–water partition coefficient (Wildman–Crippen LogP) is 2.86. The number of fused-ring (bicyclic) bond motifs is 2. The van der Waals surface area contributed by atoms with Crippen LogP contribution < -0.4 is 19.0 Å². The molecule has 1 amide bonds. The molecular weight excluding hydrogens is 340 g/mol. The van der Waals surface area contributed by atoms with Gasteiger partial charge in [0, 0.05) is 19.2 Å². The molecule has 2 aromatic carbocycles. The van der Waals surface area contributed by atoms with Gasteiger partial charge < -0.3 is 18.8 Å². The summed E-state index contributed by atoms with van der Waals surface area (Å²) in [7, 11) is 1.88. The largest absolute Gasteiger partial charge is 0.493 e. The third kappa shape index (κ3) is 3.23. The van der Waals surface area contributed by atoms with E-state index >= 15 is 0 Å². The van der Waals surface area contributed by atoms with Crippen LogP contribution in [0.4, 0.5) is 0 Å². The Hall–Kier alpha value is -2.80. The lowest BCUT2D eigenvalue weighted by molar-refractivity contribution is -0.118. The third-order valence-corrected chi connectivity index (χ3v) is 4.95. The van der Waals surface area contributed by atoms with Gasteiger partial charge in [0.25, 0.3) is 5.91 Å². The molecule has 25 heavy (non-hydrogen) atoms. The second kappa shape index (κ2) is 6.60. The van der Waals surface area contributed by atoms with E-state index in [1.54, 1.807) is 0 Å². The van der Waals surface area contributed by atoms with E-state index in [-0.39, 0.29) is 19.1 Å². The van der Waals surface area contributed by atoms with Gasteiger partial charge in [0.15, 0.2) is 16.3 Å². The first-order chi connectivity index (χ1) is 12.2. The summed E-state index contributed by atoms with van der Waals surface area (Å²) in [5, 5.41) is 0. The molecule has 0 atom stereocenters. The molecule has 0 saturated heterocycles. The number of hydrogen-bond donors (Lipinski definition) is 0. The second-order valence-corrected chi connectivity index (χ2v) is 6.54. The van der Waals surface area contributed by atoms with E-state index in [0.717, 1.165) is 27.5 Å². The van der Waals surface area contributed by atoms with Crippen LogP contribution in [-0.4, -0.2) is 23.9 Å². The van der Waals surface area contributed by atoms with Gasteiger partial charge in [0.2, 0.25) is 6.79 Å². The molecule has 0 radical (unpaired) electrons. The van der Waals surface area contributed by atoms with Crippen molar-refractivity contribution in [2.24, 2.45) is 12.0 Å². The van der Waals surface area contributed by atoms with E-state index in [9.17, 15) is 4.79 Å². The molecular formula is C18H16N2O4S. The van der Waals surface area contributed by atoms with Crippen LogP contribution in [0.3, 0.4) is 0 Å². The van der Waals surface area contributed by atoms with Crippen molar-refractivity contribution in [2.75, 3.05) is 13.4 Å². The van der Waals surface area contributed by atoms with Gasteiger partial charge in [0.1, 0.15) is 5.75 Å². The Morgan fingerprint density at radius 2 is 2.00 bits per heavy atom. The van der Waals surface area contributed by atoms with Gasteiger partial charge in [-0.3, -0.25) is 4.79 Å². The first kappa shape index (κ1) is 15.7. The lowest BCUT2D eigenvalue weighted by Gasteiger charge is -2.03. The van der Waals surface area contributed by atoms with Crippen LogP contribution in [-0.2, 0) is 11.8 Å². The standard InChI is InChI=1S/C18H16N2O4S/c1-20-13-9-14-15(24-11-23-14)10-16(13)25-18(20)19-17(21)7-8-22-12-5-3-2-4-6-12/h2-6,9-10H,7-8,11H2,1H3. The van der Waals surface area contributed by atoms with E-state index in [4.69, 9.17) is 14.2 Å². The Morgan fingerprint density at radius 1 is 1.24 bits per heavy atom. The summed E-state index contributed by atoms with van der Waals surface area (Å²) in [6, 6.07) is 13.3. The Labute approximate surface area is 147 Å². The molecule has 1 aliphatic heterocycles. The number of rotatable bonds is 4. The Balaban J connectivity index is 1.50. The van der Waals surface area contributed by atoms with Crippen LogP contribution in [0.2, 0.25) is 0 Å². The van der Waals surface area contributed by atoms with Crippen molar-refractivity contribution in [1.29, 1.82) is 0 Å². The number of benzene rings is 2. The molecule has 0 saturated carbocycles. The zero-order valence-corrected chi connectivity index (χ0v) is 14.4. The van der Waals surface area contributed by atoms with E-state index in [1.807, 2.05) is 54.1 Å².